The average Bonchev–Trinajstić information content (AvgIpc) is 2.54. The second-order valence-corrected chi connectivity index (χ2v) is 6.68. The lowest BCUT2D eigenvalue weighted by Gasteiger charge is -2.30. The summed E-state index contributed by atoms with van der Waals surface area (Å²) in [6, 6.07) is 5.19. The largest absolute Gasteiger partial charge is 0.466 e. The van der Waals surface area contributed by atoms with E-state index in [0.717, 1.165) is 24.9 Å². The number of nitrogens with zero attached hydrogens (tertiary/aromatic N) is 1. The normalized spacial score (nSPS) is 18.2. The molecule has 1 heterocycles. The highest BCUT2D eigenvalue weighted by molar-refractivity contribution is 6.35. The van der Waals surface area contributed by atoms with Crippen LogP contribution in [-0.4, -0.2) is 43.0 Å². The number of carbonyl (C=O) groups excluding carboxylic acids is 2. The highest BCUT2D eigenvalue weighted by Crippen LogP contribution is 2.21. The van der Waals surface area contributed by atoms with Crippen LogP contribution in [0.5, 0.6) is 0 Å². The van der Waals surface area contributed by atoms with Crippen molar-refractivity contribution in [2.24, 2.45) is 5.92 Å². The van der Waals surface area contributed by atoms with Crippen LogP contribution in [0.2, 0.25) is 10.0 Å². The van der Waals surface area contributed by atoms with Gasteiger partial charge in [-0.05, 0) is 44.0 Å². The van der Waals surface area contributed by atoms with Crippen LogP contribution >= 0.6 is 23.2 Å². The maximum absolute atomic E-state index is 12.1. The molecule has 1 atom stereocenters. The fourth-order valence-corrected chi connectivity index (χ4v) is 3.24. The minimum absolute atomic E-state index is 0.0921. The van der Waals surface area contributed by atoms with Gasteiger partial charge in [-0.15, -0.1) is 0 Å². The summed E-state index contributed by atoms with van der Waals surface area (Å²) in [5.41, 5.74) is 0.817. The number of esters is 1. The van der Waals surface area contributed by atoms with Crippen molar-refractivity contribution in [2.75, 3.05) is 26.2 Å². The molecule has 0 aromatic heterocycles. The number of piperidine rings is 1. The Labute approximate surface area is 152 Å². The van der Waals surface area contributed by atoms with Crippen LogP contribution in [0.4, 0.5) is 0 Å². The predicted octanol–water partition coefficient (Wildman–Crippen LogP) is 2.88. The van der Waals surface area contributed by atoms with E-state index in [1.807, 2.05) is 4.90 Å². The molecular weight excluding hydrogens is 351 g/mol. The highest BCUT2D eigenvalue weighted by Gasteiger charge is 2.27. The van der Waals surface area contributed by atoms with Crippen molar-refractivity contribution in [1.29, 1.82) is 0 Å². The third kappa shape index (κ3) is 5.65. The van der Waals surface area contributed by atoms with Gasteiger partial charge in [0.25, 0.3) is 0 Å². The van der Waals surface area contributed by atoms with Crippen molar-refractivity contribution in [3.05, 3.63) is 33.8 Å². The van der Waals surface area contributed by atoms with Gasteiger partial charge in [0, 0.05) is 23.1 Å². The van der Waals surface area contributed by atoms with E-state index in [0.29, 0.717) is 29.7 Å². The molecule has 1 saturated heterocycles. The number of carbonyl (C=O) groups is 2. The van der Waals surface area contributed by atoms with E-state index in [1.54, 1.807) is 25.1 Å². The predicted molar refractivity (Wildman–Crippen MR) is 94.1 cm³/mol. The quantitative estimate of drug-likeness (QED) is 0.779. The summed E-state index contributed by atoms with van der Waals surface area (Å²) in [5, 5.41) is 3.95. The Morgan fingerprint density at radius 3 is 2.88 bits per heavy atom. The first-order valence-electron chi connectivity index (χ1n) is 8.09. The first kappa shape index (κ1) is 19.0. The fraction of sp³-hybridized carbons (Fsp3) is 0.529. The number of rotatable bonds is 6. The Morgan fingerprint density at radius 1 is 1.38 bits per heavy atom. The van der Waals surface area contributed by atoms with Crippen molar-refractivity contribution in [3.8, 4) is 0 Å². The fourth-order valence-electron chi connectivity index (χ4n) is 2.77. The molecule has 1 aliphatic rings. The molecule has 1 aliphatic heterocycles. The van der Waals surface area contributed by atoms with E-state index >= 15 is 0 Å². The van der Waals surface area contributed by atoms with Gasteiger partial charge in [-0.1, -0.05) is 29.3 Å². The lowest BCUT2D eigenvalue weighted by molar-refractivity contribution is -0.150. The number of amides is 1. The second kappa shape index (κ2) is 9.25. The first-order chi connectivity index (χ1) is 11.5. The summed E-state index contributed by atoms with van der Waals surface area (Å²) in [4.78, 5) is 25.9. The van der Waals surface area contributed by atoms with Gasteiger partial charge < -0.3 is 10.1 Å². The zero-order chi connectivity index (χ0) is 17.5. The van der Waals surface area contributed by atoms with Crippen LogP contribution in [0.25, 0.3) is 0 Å². The zero-order valence-electron chi connectivity index (χ0n) is 13.7. The molecule has 0 radical (unpaired) electrons. The maximum Gasteiger partial charge on any atom is 0.310 e. The molecule has 0 spiro atoms. The Hall–Kier alpha value is -1.30. The molecule has 2 rings (SSSR count). The molecule has 1 N–H and O–H groups in total. The number of nitrogens with one attached hydrogen (secondary N) is 1. The summed E-state index contributed by atoms with van der Waals surface area (Å²) >= 11 is 11.9. The Morgan fingerprint density at radius 2 is 2.17 bits per heavy atom. The molecule has 0 saturated carbocycles. The van der Waals surface area contributed by atoms with Gasteiger partial charge in [0.2, 0.25) is 5.91 Å². The van der Waals surface area contributed by atoms with Gasteiger partial charge in [-0.2, -0.15) is 0 Å². The van der Waals surface area contributed by atoms with Crippen molar-refractivity contribution in [2.45, 2.75) is 26.3 Å². The first-order valence-corrected chi connectivity index (χ1v) is 8.84. The molecule has 132 valence electrons. The number of hydrogen-bond acceptors (Lipinski definition) is 4. The summed E-state index contributed by atoms with van der Waals surface area (Å²) in [5.74, 6) is -0.404. The lowest BCUT2D eigenvalue weighted by Crippen LogP contribution is -2.44. The third-order valence-corrected chi connectivity index (χ3v) is 4.57. The van der Waals surface area contributed by atoms with Crippen LogP contribution in [-0.2, 0) is 20.9 Å². The number of hydrogen-bond donors (Lipinski definition) is 1. The summed E-state index contributed by atoms with van der Waals surface area (Å²) < 4.78 is 5.07. The van der Waals surface area contributed by atoms with Crippen molar-refractivity contribution >= 4 is 35.1 Å². The molecule has 1 aromatic carbocycles. The molecule has 0 bridgehead atoms. The molecule has 1 amide bonds. The van der Waals surface area contributed by atoms with Gasteiger partial charge in [0.1, 0.15) is 0 Å². The van der Waals surface area contributed by atoms with Crippen molar-refractivity contribution < 1.29 is 14.3 Å². The molecule has 0 unspecified atom stereocenters. The van der Waals surface area contributed by atoms with Gasteiger partial charge in [0.15, 0.2) is 0 Å². The highest BCUT2D eigenvalue weighted by atomic mass is 35.5. The van der Waals surface area contributed by atoms with E-state index in [9.17, 15) is 9.59 Å². The van der Waals surface area contributed by atoms with Crippen molar-refractivity contribution in [1.82, 2.24) is 10.2 Å². The number of benzene rings is 1. The number of halogens is 2. The van der Waals surface area contributed by atoms with E-state index in [1.165, 1.54) is 0 Å². The second-order valence-electron chi connectivity index (χ2n) is 5.84. The van der Waals surface area contributed by atoms with E-state index in [4.69, 9.17) is 27.9 Å². The van der Waals surface area contributed by atoms with E-state index < -0.39 is 0 Å². The van der Waals surface area contributed by atoms with Crippen LogP contribution in [0.15, 0.2) is 18.2 Å². The molecule has 5 nitrogen and oxygen atoms in total. The number of ether oxygens (including phenoxy) is 1. The Balaban J connectivity index is 1.80. The minimum atomic E-state index is -0.171. The van der Waals surface area contributed by atoms with E-state index in [-0.39, 0.29) is 24.3 Å². The van der Waals surface area contributed by atoms with Gasteiger partial charge in [-0.3, -0.25) is 14.5 Å². The SMILES string of the molecule is CCOC(=O)[C@H]1CCCN(CC(=O)NCc2ccc(Cl)cc2Cl)C1. The van der Waals surface area contributed by atoms with Crippen molar-refractivity contribution in [3.63, 3.8) is 0 Å². The molecular formula is C17H22Cl2N2O3. The van der Waals surface area contributed by atoms with Gasteiger partial charge in [-0.25, -0.2) is 0 Å². The van der Waals surface area contributed by atoms with Crippen LogP contribution in [0.3, 0.4) is 0 Å². The molecule has 0 aliphatic carbocycles. The summed E-state index contributed by atoms with van der Waals surface area (Å²) in [7, 11) is 0. The Kier molecular flexibility index (Phi) is 7.34. The van der Waals surface area contributed by atoms with Crippen LogP contribution in [0, 0.1) is 5.92 Å². The molecule has 1 fully saturated rings. The van der Waals surface area contributed by atoms with Crippen LogP contribution < -0.4 is 5.32 Å². The van der Waals surface area contributed by atoms with Crippen LogP contribution in [0.1, 0.15) is 25.3 Å². The van der Waals surface area contributed by atoms with Gasteiger partial charge in [0.05, 0.1) is 19.1 Å². The van der Waals surface area contributed by atoms with E-state index in [2.05, 4.69) is 5.32 Å². The molecule has 24 heavy (non-hydrogen) atoms. The lowest BCUT2D eigenvalue weighted by atomic mass is 9.98. The maximum atomic E-state index is 12.1. The zero-order valence-corrected chi connectivity index (χ0v) is 15.2. The smallest absolute Gasteiger partial charge is 0.310 e. The third-order valence-electron chi connectivity index (χ3n) is 3.98. The summed E-state index contributed by atoms with van der Waals surface area (Å²) in [6.45, 7) is 4.18. The van der Waals surface area contributed by atoms with Gasteiger partial charge >= 0.3 is 5.97 Å². The number of likely N-dealkylation sites (tertiary alicyclic amines) is 1. The summed E-state index contributed by atoms with van der Waals surface area (Å²) in [6.07, 6.45) is 1.71. The monoisotopic (exact) mass is 372 g/mol. The average molecular weight is 373 g/mol. The minimum Gasteiger partial charge on any atom is -0.466 e. The Bertz CT molecular complexity index is 595. The topological polar surface area (TPSA) is 58.6 Å². The molecule has 1 aromatic rings. The standard InChI is InChI=1S/C17H22Cl2N2O3/c1-2-24-17(23)13-4-3-7-21(10-13)11-16(22)20-9-12-5-6-14(18)8-15(12)19/h5-6,8,13H,2-4,7,9-11H2,1H3,(H,20,22)/t13-/m0/s1. The molecule has 7 heteroatoms.